The Morgan fingerprint density at radius 2 is 1.56 bits per heavy atom. The lowest BCUT2D eigenvalue weighted by atomic mass is 9.97. The van der Waals surface area contributed by atoms with Crippen molar-refractivity contribution in [2.24, 2.45) is 0 Å². The lowest BCUT2D eigenvalue weighted by molar-refractivity contribution is -0.193. The van der Waals surface area contributed by atoms with Crippen LogP contribution < -0.4 is 4.90 Å². The van der Waals surface area contributed by atoms with Crippen molar-refractivity contribution in [1.29, 1.82) is 0 Å². The van der Waals surface area contributed by atoms with Gasteiger partial charge in [0.15, 0.2) is 11.5 Å². The molecule has 0 saturated carbocycles. The standard InChI is InChI=1S/C22H26ClN5O.2C2HF3O2/c23-20-6-2-1-4-17(20)14-26-9-3-5-18(15-26)22-24-21-8-7-19(16-28(21)25-22)27-10-12-29-13-11-27;2*3-2(4,5)1(6)7/h1-2,4,6-8,16,18H,3,5,9-15H2;2*(H,6,7). The molecule has 2 aliphatic heterocycles. The third-order valence-corrected chi connectivity index (χ3v) is 6.78. The smallest absolute Gasteiger partial charge is 0.475 e. The summed E-state index contributed by atoms with van der Waals surface area (Å²) in [5, 5.41) is 19.9. The SMILES string of the molecule is Clc1ccccc1CN1CCCC(c2nc3ccc(N4CCOCC4)cn3n2)C1.O=C(O)C(F)(F)F.O=C(O)C(F)(F)F. The van der Waals surface area contributed by atoms with Crippen LogP contribution in [0.1, 0.15) is 30.1 Å². The molecule has 0 aliphatic carbocycles. The number of aliphatic carboxylic acids is 2. The molecule has 10 nitrogen and oxygen atoms in total. The Hall–Kier alpha value is -3.63. The summed E-state index contributed by atoms with van der Waals surface area (Å²) in [5.41, 5.74) is 3.29. The number of anilines is 1. The van der Waals surface area contributed by atoms with E-state index in [-0.39, 0.29) is 0 Å². The van der Waals surface area contributed by atoms with Crippen molar-refractivity contribution in [3.05, 3.63) is 59.0 Å². The van der Waals surface area contributed by atoms with E-state index in [1.165, 1.54) is 11.3 Å². The van der Waals surface area contributed by atoms with Crippen LogP contribution >= 0.6 is 11.6 Å². The van der Waals surface area contributed by atoms with Gasteiger partial charge in [-0.25, -0.2) is 19.1 Å². The molecular formula is C26H28ClF6N5O5. The molecule has 0 bridgehead atoms. The van der Waals surface area contributed by atoms with Gasteiger partial charge >= 0.3 is 24.3 Å². The number of carboxylic acids is 2. The zero-order valence-electron chi connectivity index (χ0n) is 22.5. The minimum Gasteiger partial charge on any atom is -0.475 e. The molecule has 236 valence electrons. The van der Waals surface area contributed by atoms with Crippen molar-refractivity contribution in [2.45, 2.75) is 37.7 Å². The second-order valence-corrected chi connectivity index (χ2v) is 9.94. The highest BCUT2D eigenvalue weighted by Crippen LogP contribution is 2.28. The highest BCUT2D eigenvalue weighted by molar-refractivity contribution is 6.31. The van der Waals surface area contributed by atoms with Gasteiger partial charge in [0.25, 0.3) is 0 Å². The quantitative estimate of drug-likeness (QED) is 0.386. The number of carbonyl (C=O) groups is 2. The summed E-state index contributed by atoms with van der Waals surface area (Å²) in [6, 6.07) is 12.3. The van der Waals surface area contributed by atoms with E-state index in [4.69, 9.17) is 46.2 Å². The summed E-state index contributed by atoms with van der Waals surface area (Å²) in [4.78, 5) is 27.4. The van der Waals surface area contributed by atoms with Gasteiger partial charge in [0.05, 0.1) is 25.1 Å². The Bertz CT molecular complexity index is 1360. The molecule has 17 heteroatoms. The number of benzene rings is 1. The van der Waals surface area contributed by atoms with Gasteiger partial charge in [-0.15, -0.1) is 0 Å². The van der Waals surface area contributed by atoms with E-state index in [9.17, 15) is 26.3 Å². The molecule has 3 aromatic rings. The molecular weight excluding hydrogens is 612 g/mol. The van der Waals surface area contributed by atoms with E-state index >= 15 is 0 Å². The van der Waals surface area contributed by atoms with E-state index in [1.807, 2.05) is 16.6 Å². The number of piperidine rings is 1. The molecule has 2 fully saturated rings. The molecule has 1 unspecified atom stereocenters. The normalized spacial score (nSPS) is 17.8. The van der Waals surface area contributed by atoms with Crippen LogP contribution in [0.5, 0.6) is 0 Å². The molecule has 2 N–H and O–H groups in total. The molecule has 2 aliphatic rings. The van der Waals surface area contributed by atoms with Crippen molar-refractivity contribution in [1.82, 2.24) is 19.5 Å². The lowest BCUT2D eigenvalue weighted by Crippen LogP contribution is -2.36. The molecule has 1 atom stereocenters. The van der Waals surface area contributed by atoms with E-state index in [2.05, 4.69) is 40.3 Å². The first-order valence-corrected chi connectivity index (χ1v) is 13.3. The second-order valence-electron chi connectivity index (χ2n) is 9.53. The number of morpholine rings is 1. The van der Waals surface area contributed by atoms with Gasteiger partial charge in [-0.2, -0.15) is 31.4 Å². The first-order chi connectivity index (χ1) is 20.1. The van der Waals surface area contributed by atoms with Crippen molar-refractivity contribution in [3.63, 3.8) is 0 Å². The largest absolute Gasteiger partial charge is 0.490 e. The number of ether oxygens (including phenoxy) is 1. The molecule has 4 heterocycles. The fourth-order valence-corrected chi connectivity index (χ4v) is 4.54. The number of hydrogen-bond acceptors (Lipinski definition) is 7. The molecule has 0 spiro atoms. The topological polar surface area (TPSA) is 121 Å². The van der Waals surface area contributed by atoms with Crippen LogP contribution in [0.25, 0.3) is 5.65 Å². The van der Waals surface area contributed by atoms with Gasteiger partial charge < -0.3 is 19.8 Å². The first kappa shape index (κ1) is 33.9. The Kier molecular flexibility index (Phi) is 11.6. The van der Waals surface area contributed by atoms with E-state index in [0.717, 1.165) is 75.3 Å². The van der Waals surface area contributed by atoms with E-state index in [0.29, 0.717) is 5.92 Å². The molecule has 5 rings (SSSR count). The highest BCUT2D eigenvalue weighted by atomic mass is 35.5. The molecule has 43 heavy (non-hydrogen) atoms. The van der Waals surface area contributed by atoms with Crippen molar-refractivity contribution >= 4 is 34.9 Å². The van der Waals surface area contributed by atoms with Crippen LogP contribution in [0.4, 0.5) is 32.0 Å². The lowest BCUT2D eigenvalue weighted by Gasteiger charge is -2.31. The number of nitrogens with zero attached hydrogens (tertiary/aromatic N) is 5. The fourth-order valence-electron chi connectivity index (χ4n) is 4.35. The molecule has 2 aromatic heterocycles. The second kappa shape index (κ2) is 14.7. The maximum absolute atomic E-state index is 10.6. The molecule has 0 radical (unpaired) electrons. The van der Waals surface area contributed by atoms with Gasteiger partial charge in [0, 0.05) is 37.1 Å². The zero-order valence-corrected chi connectivity index (χ0v) is 23.2. The minimum absolute atomic E-state index is 0.359. The van der Waals surface area contributed by atoms with Crippen LogP contribution in [0.2, 0.25) is 5.02 Å². The number of halogens is 7. The average Bonchev–Trinajstić information content (AvgIpc) is 3.38. The van der Waals surface area contributed by atoms with Crippen molar-refractivity contribution in [2.75, 3.05) is 44.3 Å². The van der Waals surface area contributed by atoms with Gasteiger partial charge in [0.2, 0.25) is 0 Å². The van der Waals surface area contributed by atoms with Crippen LogP contribution in [0.15, 0.2) is 42.6 Å². The van der Waals surface area contributed by atoms with Gasteiger partial charge in [-0.3, -0.25) is 4.90 Å². The minimum atomic E-state index is -5.08. The number of carboxylic acid groups (broad SMARTS) is 2. The predicted molar refractivity (Wildman–Crippen MR) is 142 cm³/mol. The predicted octanol–water partition coefficient (Wildman–Crippen LogP) is 4.87. The monoisotopic (exact) mass is 639 g/mol. The number of rotatable bonds is 4. The number of pyridine rings is 1. The van der Waals surface area contributed by atoms with E-state index in [1.54, 1.807) is 0 Å². The number of likely N-dealkylation sites (tertiary alicyclic amines) is 1. The van der Waals surface area contributed by atoms with Gasteiger partial charge in [0.1, 0.15) is 0 Å². The van der Waals surface area contributed by atoms with Crippen LogP contribution in [0, 0.1) is 0 Å². The summed E-state index contributed by atoms with van der Waals surface area (Å²) >= 11 is 6.36. The molecule has 2 saturated heterocycles. The number of alkyl halides is 6. The van der Waals surface area contributed by atoms with Gasteiger partial charge in [-0.1, -0.05) is 29.8 Å². The maximum Gasteiger partial charge on any atom is 0.490 e. The van der Waals surface area contributed by atoms with Crippen LogP contribution in [0.3, 0.4) is 0 Å². The summed E-state index contributed by atoms with van der Waals surface area (Å²) in [7, 11) is 0. The van der Waals surface area contributed by atoms with Gasteiger partial charge in [-0.05, 0) is 43.1 Å². The van der Waals surface area contributed by atoms with Crippen molar-refractivity contribution < 1.29 is 50.9 Å². The average molecular weight is 640 g/mol. The maximum atomic E-state index is 10.6. The van der Waals surface area contributed by atoms with Crippen LogP contribution in [-0.2, 0) is 20.9 Å². The third-order valence-electron chi connectivity index (χ3n) is 6.42. The number of fused-ring (bicyclic) bond motifs is 1. The Labute approximate surface area is 246 Å². The van der Waals surface area contributed by atoms with Crippen molar-refractivity contribution in [3.8, 4) is 0 Å². The fraction of sp³-hybridized carbons (Fsp3) is 0.462. The summed E-state index contributed by atoms with van der Waals surface area (Å²) in [5.74, 6) is -4.20. The number of aromatic nitrogens is 3. The summed E-state index contributed by atoms with van der Waals surface area (Å²) in [6.07, 6.45) is -5.78. The van der Waals surface area contributed by atoms with E-state index < -0.39 is 24.3 Å². The first-order valence-electron chi connectivity index (χ1n) is 12.9. The summed E-state index contributed by atoms with van der Waals surface area (Å²) < 4.78 is 70.9. The zero-order chi connectivity index (χ0) is 31.8. The number of hydrogen-bond donors (Lipinski definition) is 2. The Morgan fingerprint density at radius 3 is 2.14 bits per heavy atom. The third kappa shape index (κ3) is 10.2. The van der Waals surface area contributed by atoms with Crippen LogP contribution in [-0.4, -0.2) is 93.4 Å². The Balaban J connectivity index is 0.000000303. The Morgan fingerprint density at radius 1 is 0.953 bits per heavy atom. The summed E-state index contributed by atoms with van der Waals surface area (Å²) in [6.45, 7) is 6.35. The highest BCUT2D eigenvalue weighted by Gasteiger charge is 2.39. The molecule has 1 aromatic carbocycles. The molecule has 0 amide bonds.